The van der Waals surface area contributed by atoms with Gasteiger partial charge in [0.1, 0.15) is 5.82 Å². The molecular weight excluding hydrogens is 376 g/mol. The first-order chi connectivity index (χ1) is 12.4. The lowest BCUT2D eigenvalue weighted by molar-refractivity contribution is 0.383. The van der Waals surface area contributed by atoms with Crippen molar-refractivity contribution in [1.29, 1.82) is 0 Å². The van der Waals surface area contributed by atoms with Gasteiger partial charge in [0.15, 0.2) is 0 Å². The van der Waals surface area contributed by atoms with E-state index >= 15 is 0 Å². The molecule has 3 rings (SSSR count). The van der Waals surface area contributed by atoms with Crippen LogP contribution >= 0.6 is 11.6 Å². The van der Waals surface area contributed by atoms with Crippen molar-refractivity contribution in [2.45, 2.75) is 13.3 Å². The van der Waals surface area contributed by atoms with E-state index in [2.05, 4.69) is 5.10 Å². The summed E-state index contributed by atoms with van der Waals surface area (Å²) in [5.74, 6) is 0.819. The van der Waals surface area contributed by atoms with Gasteiger partial charge in [0.05, 0.1) is 11.4 Å². The zero-order chi connectivity index (χ0) is 18.7. The van der Waals surface area contributed by atoms with E-state index in [1.54, 1.807) is 30.3 Å². The molecular formula is C17H21ClN4O3S. The topological polar surface area (TPSA) is 75.5 Å². The summed E-state index contributed by atoms with van der Waals surface area (Å²) >= 11 is 5.90. The van der Waals surface area contributed by atoms with E-state index in [4.69, 9.17) is 11.6 Å². The van der Waals surface area contributed by atoms with E-state index in [-0.39, 0.29) is 11.3 Å². The molecule has 0 radical (unpaired) electrons. The molecule has 0 atom stereocenters. The van der Waals surface area contributed by atoms with E-state index in [0.29, 0.717) is 49.1 Å². The molecule has 1 aliphatic rings. The van der Waals surface area contributed by atoms with Crippen LogP contribution in [-0.2, 0) is 10.0 Å². The number of benzene rings is 1. The van der Waals surface area contributed by atoms with Gasteiger partial charge in [-0.25, -0.2) is 8.42 Å². The molecule has 0 spiro atoms. The van der Waals surface area contributed by atoms with Crippen LogP contribution in [0.4, 0.5) is 5.82 Å². The first kappa shape index (κ1) is 18.9. The third-order valence-electron chi connectivity index (χ3n) is 4.28. The molecule has 0 unspecified atom stereocenters. The molecule has 2 aromatic rings. The number of rotatable bonds is 5. The Morgan fingerprint density at radius 2 is 1.69 bits per heavy atom. The van der Waals surface area contributed by atoms with E-state index in [1.165, 1.54) is 15.1 Å². The maximum atomic E-state index is 12.2. The van der Waals surface area contributed by atoms with E-state index in [9.17, 15) is 13.2 Å². The lowest BCUT2D eigenvalue weighted by atomic mass is 10.3. The highest BCUT2D eigenvalue weighted by molar-refractivity contribution is 7.89. The number of nitrogens with zero attached hydrogens (tertiary/aromatic N) is 4. The van der Waals surface area contributed by atoms with Crippen molar-refractivity contribution in [2.24, 2.45) is 0 Å². The second-order valence-corrected chi connectivity index (χ2v) is 8.65. The zero-order valence-corrected chi connectivity index (χ0v) is 16.1. The highest BCUT2D eigenvalue weighted by atomic mass is 35.5. The van der Waals surface area contributed by atoms with Gasteiger partial charge >= 0.3 is 0 Å². The second kappa shape index (κ2) is 7.77. The molecule has 9 heteroatoms. The highest BCUT2D eigenvalue weighted by Gasteiger charge is 2.26. The number of anilines is 1. The maximum Gasteiger partial charge on any atom is 0.271 e. The van der Waals surface area contributed by atoms with Gasteiger partial charge in [-0.3, -0.25) is 4.79 Å². The molecule has 0 aliphatic carbocycles. The average molecular weight is 397 g/mol. The predicted octanol–water partition coefficient (Wildman–Crippen LogP) is 1.75. The lowest BCUT2D eigenvalue weighted by Gasteiger charge is -2.34. The van der Waals surface area contributed by atoms with Crippen LogP contribution < -0.4 is 10.5 Å². The highest BCUT2D eigenvalue weighted by Crippen LogP contribution is 2.16. The molecule has 2 heterocycles. The molecule has 1 aromatic carbocycles. The van der Waals surface area contributed by atoms with Gasteiger partial charge in [0.25, 0.3) is 5.56 Å². The van der Waals surface area contributed by atoms with Gasteiger partial charge in [-0.2, -0.15) is 8.99 Å². The minimum Gasteiger partial charge on any atom is -0.353 e. The molecule has 0 amide bonds. The SMILES string of the molecule is CCCS(=O)(=O)N1CCN(c2ccc(=O)n(-c3ccc(Cl)cc3)n2)CC1. The molecule has 0 bridgehead atoms. The summed E-state index contributed by atoms with van der Waals surface area (Å²) < 4.78 is 27.2. The Morgan fingerprint density at radius 1 is 1.04 bits per heavy atom. The summed E-state index contributed by atoms with van der Waals surface area (Å²) in [5.41, 5.74) is 0.394. The Balaban J connectivity index is 1.78. The van der Waals surface area contributed by atoms with Crippen LogP contribution in [0.25, 0.3) is 5.69 Å². The summed E-state index contributed by atoms with van der Waals surface area (Å²) in [6.07, 6.45) is 0.607. The second-order valence-electron chi connectivity index (χ2n) is 6.12. The van der Waals surface area contributed by atoms with Gasteiger partial charge in [0, 0.05) is 37.3 Å². The average Bonchev–Trinajstić information content (AvgIpc) is 2.63. The fourth-order valence-electron chi connectivity index (χ4n) is 2.92. The normalized spacial score (nSPS) is 16.0. The molecule has 1 aliphatic heterocycles. The number of piperazine rings is 1. The molecule has 140 valence electrons. The molecule has 1 aromatic heterocycles. The molecule has 7 nitrogen and oxygen atoms in total. The Hall–Kier alpha value is -1.90. The molecule has 1 saturated heterocycles. The standard InChI is InChI=1S/C17H21ClN4O3S/c1-2-13-26(24,25)21-11-9-20(10-12-21)16-7-8-17(23)22(19-16)15-5-3-14(18)4-6-15/h3-8H,2,9-13H2,1H3. The molecule has 0 N–H and O–H groups in total. The summed E-state index contributed by atoms with van der Waals surface area (Å²) in [6, 6.07) is 10.0. The number of aromatic nitrogens is 2. The summed E-state index contributed by atoms with van der Waals surface area (Å²) in [6.45, 7) is 3.77. The van der Waals surface area contributed by atoms with Gasteiger partial charge in [0.2, 0.25) is 10.0 Å². The van der Waals surface area contributed by atoms with Crippen molar-refractivity contribution < 1.29 is 8.42 Å². The van der Waals surface area contributed by atoms with Crippen LogP contribution in [0.5, 0.6) is 0 Å². The summed E-state index contributed by atoms with van der Waals surface area (Å²) in [4.78, 5) is 14.1. The zero-order valence-electron chi connectivity index (χ0n) is 14.5. The fraction of sp³-hybridized carbons (Fsp3) is 0.412. The Bertz CT molecular complexity index is 920. The summed E-state index contributed by atoms with van der Waals surface area (Å²) in [5, 5.41) is 5.02. The fourth-order valence-corrected chi connectivity index (χ4v) is 4.54. The predicted molar refractivity (Wildman–Crippen MR) is 103 cm³/mol. The maximum absolute atomic E-state index is 12.2. The van der Waals surface area contributed by atoms with Crippen molar-refractivity contribution >= 4 is 27.4 Å². The molecule has 1 fully saturated rings. The van der Waals surface area contributed by atoms with Gasteiger partial charge < -0.3 is 4.90 Å². The van der Waals surface area contributed by atoms with Crippen LogP contribution in [0, 0.1) is 0 Å². The van der Waals surface area contributed by atoms with Crippen LogP contribution in [0.3, 0.4) is 0 Å². The monoisotopic (exact) mass is 396 g/mol. The van der Waals surface area contributed by atoms with Crippen LogP contribution in [0.1, 0.15) is 13.3 Å². The number of sulfonamides is 1. The third kappa shape index (κ3) is 4.08. The minimum absolute atomic E-state index is 0.173. The summed E-state index contributed by atoms with van der Waals surface area (Å²) in [7, 11) is -3.18. The minimum atomic E-state index is -3.18. The molecule has 0 saturated carbocycles. The lowest BCUT2D eigenvalue weighted by Crippen LogP contribution is -2.49. The van der Waals surface area contributed by atoms with Crippen LogP contribution in [0.2, 0.25) is 5.02 Å². The van der Waals surface area contributed by atoms with Crippen molar-refractivity contribution in [2.75, 3.05) is 36.8 Å². The van der Waals surface area contributed by atoms with E-state index < -0.39 is 10.0 Å². The van der Waals surface area contributed by atoms with Gasteiger partial charge in [-0.05, 0) is 36.8 Å². The van der Waals surface area contributed by atoms with Gasteiger partial charge in [-0.15, -0.1) is 5.10 Å². The van der Waals surface area contributed by atoms with Crippen LogP contribution in [0.15, 0.2) is 41.2 Å². The smallest absolute Gasteiger partial charge is 0.271 e. The quantitative estimate of drug-likeness (QED) is 0.769. The van der Waals surface area contributed by atoms with Crippen molar-refractivity contribution in [3.63, 3.8) is 0 Å². The largest absolute Gasteiger partial charge is 0.353 e. The van der Waals surface area contributed by atoms with Crippen molar-refractivity contribution in [3.8, 4) is 5.69 Å². The van der Waals surface area contributed by atoms with Crippen molar-refractivity contribution in [1.82, 2.24) is 14.1 Å². The third-order valence-corrected chi connectivity index (χ3v) is 6.60. The number of hydrogen-bond donors (Lipinski definition) is 0. The van der Waals surface area contributed by atoms with Crippen molar-refractivity contribution in [3.05, 3.63) is 51.8 Å². The number of hydrogen-bond acceptors (Lipinski definition) is 5. The first-order valence-corrected chi connectivity index (χ1v) is 10.5. The molecule has 26 heavy (non-hydrogen) atoms. The Kier molecular flexibility index (Phi) is 5.64. The number of halogens is 1. The Morgan fingerprint density at radius 3 is 2.31 bits per heavy atom. The van der Waals surface area contributed by atoms with E-state index in [0.717, 1.165) is 0 Å². The first-order valence-electron chi connectivity index (χ1n) is 8.50. The van der Waals surface area contributed by atoms with Gasteiger partial charge in [-0.1, -0.05) is 18.5 Å². The van der Waals surface area contributed by atoms with E-state index in [1.807, 2.05) is 11.8 Å². The Labute approximate surface area is 157 Å². The van der Waals surface area contributed by atoms with Crippen LogP contribution in [-0.4, -0.2) is 54.4 Å².